The van der Waals surface area contributed by atoms with Gasteiger partial charge in [-0.05, 0) is 39.0 Å². The van der Waals surface area contributed by atoms with Gasteiger partial charge in [0.15, 0.2) is 0 Å². The number of ether oxygens (including phenoxy) is 2. The second kappa shape index (κ2) is 9.61. The summed E-state index contributed by atoms with van der Waals surface area (Å²) in [5.74, 6) is -0.206. The lowest BCUT2D eigenvalue weighted by atomic mass is 9.98. The third kappa shape index (κ3) is 6.26. The highest BCUT2D eigenvalue weighted by atomic mass is 16.6. The number of hydrogen-bond acceptors (Lipinski definition) is 4. The van der Waals surface area contributed by atoms with E-state index in [4.69, 9.17) is 9.47 Å². The number of carbonyl (C=O) groups is 2. The lowest BCUT2D eigenvalue weighted by Crippen LogP contribution is -2.35. The van der Waals surface area contributed by atoms with Gasteiger partial charge in [-0.15, -0.1) is 0 Å². The van der Waals surface area contributed by atoms with Crippen LogP contribution in [0.15, 0.2) is 0 Å². The summed E-state index contributed by atoms with van der Waals surface area (Å²) in [6.45, 7) is 5.10. The SMILES string of the molecule is CCCN(CCC(=O)OC1CCCCC1)C(=O)OCC. The Hall–Kier alpha value is -1.26. The molecule has 0 saturated heterocycles. The molecule has 0 aliphatic heterocycles. The largest absolute Gasteiger partial charge is 0.462 e. The zero-order valence-electron chi connectivity index (χ0n) is 12.7. The third-order valence-corrected chi connectivity index (χ3v) is 3.46. The molecule has 1 rings (SSSR count). The smallest absolute Gasteiger partial charge is 0.409 e. The molecule has 1 fully saturated rings. The number of esters is 1. The van der Waals surface area contributed by atoms with Crippen LogP contribution < -0.4 is 0 Å². The normalized spacial score (nSPS) is 15.7. The quantitative estimate of drug-likeness (QED) is 0.674. The van der Waals surface area contributed by atoms with E-state index in [0.29, 0.717) is 19.7 Å². The average molecular weight is 285 g/mol. The number of hydrogen-bond donors (Lipinski definition) is 0. The fourth-order valence-electron chi connectivity index (χ4n) is 2.43. The van der Waals surface area contributed by atoms with Gasteiger partial charge in [-0.3, -0.25) is 4.79 Å². The van der Waals surface area contributed by atoms with Gasteiger partial charge in [0.2, 0.25) is 0 Å². The van der Waals surface area contributed by atoms with E-state index in [1.54, 1.807) is 11.8 Å². The monoisotopic (exact) mass is 285 g/mol. The summed E-state index contributed by atoms with van der Waals surface area (Å²) in [4.78, 5) is 25.1. The van der Waals surface area contributed by atoms with Gasteiger partial charge in [0.1, 0.15) is 6.10 Å². The zero-order valence-corrected chi connectivity index (χ0v) is 12.7. The molecule has 116 valence electrons. The molecule has 1 saturated carbocycles. The van der Waals surface area contributed by atoms with Gasteiger partial charge in [-0.25, -0.2) is 4.79 Å². The van der Waals surface area contributed by atoms with Gasteiger partial charge in [0, 0.05) is 13.1 Å². The fraction of sp³-hybridized carbons (Fsp3) is 0.867. The molecule has 0 N–H and O–H groups in total. The highest BCUT2D eigenvalue weighted by molar-refractivity contribution is 5.72. The molecule has 0 aromatic rings. The molecule has 0 bridgehead atoms. The lowest BCUT2D eigenvalue weighted by molar-refractivity contribution is -0.150. The summed E-state index contributed by atoms with van der Waals surface area (Å²) in [6.07, 6.45) is 6.29. The number of nitrogens with zero attached hydrogens (tertiary/aromatic N) is 1. The molecule has 0 radical (unpaired) electrons. The average Bonchev–Trinajstić information content (AvgIpc) is 2.44. The summed E-state index contributed by atoms with van der Waals surface area (Å²) in [5, 5.41) is 0. The minimum absolute atomic E-state index is 0.0819. The molecule has 0 atom stereocenters. The molecular formula is C15H27NO4. The highest BCUT2D eigenvalue weighted by Gasteiger charge is 2.19. The first kappa shape index (κ1) is 16.8. The number of rotatable bonds is 7. The maximum atomic E-state index is 11.8. The van der Waals surface area contributed by atoms with Crippen molar-refractivity contribution in [1.29, 1.82) is 0 Å². The Labute approximate surface area is 121 Å². The van der Waals surface area contributed by atoms with Gasteiger partial charge >= 0.3 is 12.1 Å². The molecule has 1 aliphatic carbocycles. The summed E-state index contributed by atoms with van der Waals surface area (Å²) < 4.78 is 10.4. The molecule has 0 aromatic heterocycles. The zero-order chi connectivity index (χ0) is 14.8. The van der Waals surface area contributed by atoms with Crippen molar-refractivity contribution in [2.75, 3.05) is 19.7 Å². The topological polar surface area (TPSA) is 55.8 Å². The van der Waals surface area contributed by atoms with Crippen molar-refractivity contribution in [3.05, 3.63) is 0 Å². The molecule has 5 nitrogen and oxygen atoms in total. The maximum absolute atomic E-state index is 11.8. The van der Waals surface area contributed by atoms with Crippen LogP contribution in [0.3, 0.4) is 0 Å². The Morgan fingerprint density at radius 1 is 1.10 bits per heavy atom. The van der Waals surface area contributed by atoms with E-state index in [0.717, 1.165) is 32.1 Å². The number of amides is 1. The highest BCUT2D eigenvalue weighted by Crippen LogP contribution is 2.20. The second-order valence-corrected chi connectivity index (χ2v) is 5.19. The van der Waals surface area contributed by atoms with Crippen LogP contribution in [-0.2, 0) is 14.3 Å². The summed E-state index contributed by atoms with van der Waals surface area (Å²) >= 11 is 0. The van der Waals surface area contributed by atoms with Crippen molar-refractivity contribution < 1.29 is 19.1 Å². The van der Waals surface area contributed by atoms with Crippen molar-refractivity contribution in [3.8, 4) is 0 Å². The Morgan fingerprint density at radius 3 is 2.40 bits per heavy atom. The van der Waals surface area contributed by atoms with E-state index >= 15 is 0 Å². The van der Waals surface area contributed by atoms with Crippen LogP contribution in [-0.4, -0.2) is 42.8 Å². The maximum Gasteiger partial charge on any atom is 0.409 e. The molecule has 1 aliphatic rings. The van der Waals surface area contributed by atoms with Crippen LogP contribution in [0.1, 0.15) is 58.8 Å². The molecule has 5 heteroatoms. The van der Waals surface area contributed by atoms with Crippen molar-refractivity contribution in [3.63, 3.8) is 0 Å². The second-order valence-electron chi connectivity index (χ2n) is 5.19. The van der Waals surface area contributed by atoms with Crippen LogP contribution in [0.5, 0.6) is 0 Å². The molecule has 20 heavy (non-hydrogen) atoms. The van der Waals surface area contributed by atoms with Crippen molar-refractivity contribution >= 4 is 12.1 Å². The minimum Gasteiger partial charge on any atom is -0.462 e. The predicted molar refractivity (Wildman–Crippen MR) is 76.5 cm³/mol. The molecule has 0 unspecified atom stereocenters. The standard InChI is InChI=1S/C15H27NO4/c1-3-11-16(15(18)19-4-2)12-10-14(17)20-13-8-6-5-7-9-13/h13H,3-12H2,1-2H3. The van der Waals surface area contributed by atoms with E-state index in [1.165, 1.54) is 6.42 Å². The first-order chi connectivity index (χ1) is 9.67. The lowest BCUT2D eigenvalue weighted by Gasteiger charge is -2.23. The first-order valence-corrected chi connectivity index (χ1v) is 7.78. The Bertz CT molecular complexity index is 300. The predicted octanol–water partition coefficient (Wildman–Crippen LogP) is 3.12. The Balaban J connectivity index is 2.30. The van der Waals surface area contributed by atoms with Crippen LogP contribution in [0.2, 0.25) is 0 Å². The Morgan fingerprint density at radius 2 is 1.80 bits per heavy atom. The molecule has 1 amide bonds. The van der Waals surface area contributed by atoms with Gasteiger partial charge in [0.05, 0.1) is 13.0 Å². The van der Waals surface area contributed by atoms with Crippen LogP contribution in [0, 0.1) is 0 Å². The van der Waals surface area contributed by atoms with Crippen molar-refractivity contribution in [2.45, 2.75) is 64.9 Å². The van der Waals surface area contributed by atoms with E-state index in [-0.39, 0.29) is 24.6 Å². The fourth-order valence-corrected chi connectivity index (χ4v) is 2.43. The summed E-state index contributed by atoms with van der Waals surface area (Å²) in [7, 11) is 0. The van der Waals surface area contributed by atoms with Gasteiger partial charge < -0.3 is 14.4 Å². The molecule has 0 spiro atoms. The first-order valence-electron chi connectivity index (χ1n) is 7.78. The van der Waals surface area contributed by atoms with Crippen LogP contribution in [0.4, 0.5) is 4.79 Å². The molecular weight excluding hydrogens is 258 g/mol. The van der Waals surface area contributed by atoms with E-state index in [2.05, 4.69) is 0 Å². The van der Waals surface area contributed by atoms with Crippen LogP contribution in [0.25, 0.3) is 0 Å². The molecule has 0 heterocycles. The van der Waals surface area contributed by atoms with Gasteiger partial charge in [-0.1, -0.05) is 13.3 Å². The third-order valence-electron chi connectivity index (χ3n) is 3.46. The van der Waals surface area contributed by atoms with Crippen molar-refractivity contribution in [2.24, 2.45) is 0 Å². The molecule has 0 aromatic carbocycles. The van der Waals surface area contributed by atoms with E-state index in [1.807, 2.05) is 6.92 Å². The van der Waals surface area contributed by atoms with Crippen molar-refractivity contribution in [1.82, 2.24) is 4.90 Å². The van der Waals surface area contributed by atoms with Crippen LogP contribution >= 0.6 is 0 Å². The summed E-state index contributed by atoms with van der Waals surface area (Å²) in [6, 6.07) is 0. The Kier molecular flexibility index (Phi) is 8.07. The number of carbonyl (C=O) groups excluding carboxylic acids is 2. The minimum atomic E-state index is -0.347. The van der Waals surface area contributed by atoms with E-state index in [9.17, 15) is 9.59 Å². The van der Waals surface area contributed by atoms with E-state index < -0.39 is 0 Å². The summed E-state index contributed by atoms with van der Waals surface area (Å²) in [5.41, 5.74) is 0. The van der Waals surface area contributed by atoms with Gasteiger partial charge in [0.25, 0.3) is 0 Å². The van der Waals surface area contributed by atoms with Gasteiger partial charge in [-0.2, -0.15) is 0 Å².